The molecule has 1 saturated carbocycles. The van der Waals surface area contributed by atoms with Crippen molar-refractivity contribution in [2.45, 2.75) is 63.2 Å². The maximum absolute atomic E-state index is 12.2. The summed E-state index contributed by atoms with van der Waals surface area (Å²) in [6.45, 7) is 4.31. The normalized spacial score (nSPS) is 34.5. The van der Waals surface area contributed by atoms with Crippen LogP contribution in [0.2, 0.25) is 0 Å². The third kappa shape index (κ3) is 3.76. The van der Waals surface area contributed by atoms with Gasteiger partial charge in [0, 0.05) is 45.2 Å². The van der Waals surface area contributed by atoms with Gasteiger partial charge in [0.2, 0.25) is 5.91 Å². The molecular weight excluding hydrogens is 268 g/mol. The standard InChI is InChI=1S/C16H28N2O3/c19-15-5-1-4-14(15)17-8-10-18(11-9-17)16(20)7-6-13-3-2-12-21-13/h13-15,19H,1-12H2/t13-,14+,15-/m0/s1. The van der Waals surface area contributed by atoms with E-state index in [0.717, 1.165) is 71.3 Å². The van der Waals surface area contributed by atoms with Gasteiger partial charge < -0.3 is 14.7 Å². The lowest BCUT2D eigenvalue weighted by Crippen LogP contribution is -2.53. The number of nitrogens with zero attached hydrogens (tertiary/aromatic N) is 2. The molecule has 0 spiro atoms. The maximum Gasteiger partial charge on any atom is 0.222 e. The lowest BCUT2D eigenvalue weighted by atomic mass is 10.1. The van der Waals surface area contributed by atoms with Crippen LogP contribution in [0.25, 0.3) is 0 Å². The van der Waals surface area contributed by atoms with E-state index in [2.05, 4.69) is 4.90 Å². The fraction of sp³-hybridized carbons (Fsp3) is 0.938. The molecule has 21 heavy (non-hydrogen) atoms. The van der Waals surface area contributed by atoms with E-state index in [4.69, 9.17) is 4.74 Å². The second-order valence-corrected chi connectivity index (χ2v) is 6.66. The highest BCUT2D eigenvalue weighted by Crippen LogP contribution is 2.25. The number of ether oxygens (including phenoxy) is 1. The van der Waals surface area contributed by atoms with E-state index in [1.165, 1.54) is 0 Å². The van der Waals surface area contributed by atoms with Gasteiger partial charge in [-0.1, -0.05) is 0 Å². The Hall–Kier alpha value is -0.650. The Morgan fingerprint density at radius 2 is 1.90 bits per heavy atom. The van der Waals surface area contributed by atoms with Crippen molar-refractivity contribution in [1.82, 2.24) is 9.80 Å². The Morgan fingerprint density at radius 1 is 1.10 bits per heavy atom. The molecule has 2 aliphatic heterocycles. The molecule has 3 aliphatic rings. The van der Waals surface area contributed by atoms with E-state index >= 15 is 0 Å². The fourth-order valence-corrected chi connectivity index (χ4v) is 3.96. The molecule has 5 nitrogen and oxygen atoms in total. The van der Waals surface area contributed by atoms with E-state index < -0.39 is 0 Å². The molecule has 0 aromatic heterocycles. The summed E-state index contributed by atoms with van der Waals surface area (Å²) in [7, 11) is 0. The first-order chi connectivity index (χ1) is 10.2. The summed E-state index contributed by atoms with van der Waals surface area (Å²) in [5.41, 5.74) is 0. The highest BCUT2D eigenvalue weighted by Gasteiger charge is 2.33. The minimum absolute atomic E-state index is 0.160. The van der Waals surface area contributed by atoms with Crippen LogP contribution in [0, 0.1) is 0 Å². The second-order valence-electron chi connectivity index (χ2n) is 6.66. The predicted molar refractivity (Wildman–Crippen MR) is 80.0 cm³/mol. The van der Waals surface area contributed by atoms with E-state index in [-0.39, 0.29) is 12.0 Å². The van der Waals surface area contributed by atoms with Crippen LogP contribution < -0.4 is 0 Å². The zero-order valence-electron chi connectivity index (χ0n) is 12.9. The van der Waals surface area contributed by atoms with Crippen LogP contribution in [0.5, 0.6) is 0 Å². The van der Waals surface area contributed by atoms with Gasteiger partial charge in [0.15, 0.2) is 0 Å². The molecule has 0 unspecified atom stereocenters. The van der Waals surface area contributed by atoms with Crippen LogP contribution in [-0.2, 0) is 9.53 Å². The summed E-state index contributed by atoms with van der Waals surface area (Å²) in [6.07, 6.45) is 7.07. The molecule has 1 N–H and O–H groups in total. The largest absolute Gasteiger partial charge is 0.391 e. The average molecular weight is 296 g/mol. The third-order valence-electron chi connectivity index (χ3n) is 5.28. The van der Waals surface area contributed by atoms with Crippen LogP contribution in [0.15, 0.2) is 0 Å². The number of carbonyl (C=O) groups excluding carboxylic acids is 1. The Morgan fingerprint density at radius 3 is 2.52 bits per heavy atom. The van der Waals surface area contributed by atoms with Gasteiger partial charge in [-0.15, -0.1) is 0 Å². The molecule has 1 aliphatic carbocycles. The lowest BCUT2D eigenvalue weighted by Gasteiger charge is -2.39. The molecule has 1 amide bonds. The van der Waals surface area contributed by atoms with E-state index in [1.807, 2.05) is 4.90 Å². The zero-order valence-corrected chi connectivity index (χ0v) is 12.9. The van der Waals surface area contributed by atoms with Gasteiger partial charge in [-0.05, 0) is 38.5 Å². The van der Waals surface area contributed by atoms with Crippen molar-refractivity contribution in [3.63, 3.8) is 0 Å². The second kappa shape index (κ2) is 7.07. The summed E-state index contributed by atoms with van der Waals surface area (Å²) in [4.78, 5) is 16.6. The van der Waals surface area contributed by atoms with Crippen LogP contribution in [0.3, 0.4) is 0 Å². The first-order valence-electron chi connectivity index (χ1n) is 8.55. The number of hydrogen-bond acceptors (Lipinski definition) is 4. The molecule has 120 valence electrons. The van der Waals surface area contributed by atoms with Crippen molar-refractivity contribution in [3.05, 3.63) is 0 Å². The van der Waals surface area contributed by atoms with Gasteiger partial charge in [0.05, 0.1) is 12.2 Å². The van der Waals surface area contributed by atoms with Crippen molar-refractivity contribution in [2.24, 2.45) is 0 Å². The van der Waals surface area contributed by atoms with Crippen LogP contribution in [-0.4, -0.2) is 71.8 Å². The molecule has 0 radical (unpaired) electrons. The maximum atomic E-state index is 12.2. The van der Waals surface area contributed by atoms with Crippen LogP contribution >= 0.6 is 0 Å². The topological polar surface area (TPSA) is 53.0 Å². The number of amides is 1. The van der Waals surface area contributed by atoms with Crippen LogP contribution in [0.4, 0.5) is 0 Å². The van der Waals surface area contributed by atoms with Gasteiger partial charge in [-0.3, -0.25) is 9.69 Å². The Bertz CT molecular complexity index is 349. The number of piperazine rings is 1. The van der Waals surface area contributed by atoms with E-state index in [1.54, 1.807) is 0 Å². The first kappa shape index (κ1) is 15.3. The number of hydrogen-bond donors (Lipinski definition) is 1. The Balaban J connectivity index is 1.39. The number of carbonyl (C=O) groups is 1. The number of aliphatic hydroxyl groups is 1. The lowest BCUT2D eigenvalue weighted by molar-refractivity contribution is -0.134. The molecule has 0 aromatic carbocycles. The SMILES string of the molecule is O=C(CC[C@@H]1CCCO1)N1CCN([C@@H]2CCC[C@@H]2O)CC1. The summed E-state index contributed by atoms with van der Waals surface area (Å²) < 4.78 is 5.58. The van der Waals surface area contributed by atoms with Crippen molar-refractivity contribution in [2.75, 3.05) is 32.8 Å². The van der Waals surface area contributed by atoms with Gasteiger partial charge in [0.1, 0.15) is 0 Å². The molecule has 3 fully saturated rings. The summed E-state index contributed by atoms with van der Waals surface area (Å²) in [6, 6.07) is 0.328. The van der Waals surface area contributed by atoms with Crippen LogP contribution in [0.1, 0.15) is 44.9 Å². The number of rotatable bonds is 4. The minimum atomic E-state index is -0.160. The van der Waals surface area contributed by atoms with Crippen molar-refractivity contribution >= 4 is 5.91 Å². The molecule has 0 bridgehead atoms. The van der Waals surface area contributed by atoms with Gasteiger partial charge in [-0.2, -0.15) is 0 Å². The average Bonchev–Trinajstić information content (AvgIpc) is 3.16. The Kier molecular flexibility index (Phi) is 5.14. The monoisotopic (exact) mass is 296 g/mol. The van der Waals surface area contributed by atoms with Crippen molar-refractivity contribution < 1.29 is 14.6 Å². The summed E-state index contributed by atoms with van der Waals surface area (Å²) >= 11 is 0. The number of aliphatic hydroxyl groups excluding tert-OH is 1. The minimum Gasteiger partial charge on any atom is -0.391 e. The predicted octanol–water partition coefficient (Wildman–Crippen LogP) is 1.00. The third-order valence-corrected chi connectivity index (χ3v) is 5.28. The van der Waals surface area contributed by atoms with Crippen molar-refractivity contribution in [1.29, 1.82) is 0 Å². The zero-order chi connectivity index (χ0) is 14.7. The molecule has 3 rings (SSSR count). The highest BCUT2D eigenvalue weighted by molar-refractivity contribution is 5.76. The van der Waals surface area contributed by atoms with Gasteiger partial charge in [-0.25, -0.2) is 0 Å². The highest BCUT2D eigenvalue weighted by atomic mass is 16.5. The molecular formula is C16H28N2O3. The fourth-order valence-electron chi connectivity index (χ4n) is 3.96. The Labute approximate surface area is 127 Å². The molecule has 2 heterocycles. The van der Waals surface area contributed by atoms with E-state index in [0.29, 0.717) is 18.6 Å². The molecule has 3 atom stereocenters. The quantitative estimate of drug-likeness (QED) is 0.841. The van der Waals surface area contributed by atoms with Gasteiger partial charge in [0.25, 0.3) is 0 Å². The smallest absolute Gasteiger partial charge is 0.222 e. The summed E-state index contributed by atoms with van der Waals surface area (Å²) in [5.74, 6) is 0.275. The van der Waals surface area contributed by atoms with Crippen molar-refractivity contribution in [3.8, 4) is 0 Å². The first-order valence-corrected chi connectivity index (χ1v) is 8.55. The molecule has 5 heteroatoms. The molecule has 0 aromatic rings. The van der Waals surface area contributed by atoms with Gasteiger partial charge >= 0.3 is 0 Å². The van der Waals surface area contributed by atoms with E-state index in [9.17, 15) is 9.90 Å². The molecule has 2 saturated heterocycles. The summed E-state index contributed by atoms with van der Waals surface area (Å²) in [5, 5.41) is 9.99.